The topological polar surface area (TPSA) is 70.7 Å². The molecule has 0 spiro atoms. The number of carbonyl (C=O) groups is 2. The number of amides is 2. The maximum Gasteiger partial charge on any atom is 0.314 e. The SMILES string of the molecule is COC(=O)CCCCNC(=O)NCCCN(C)C1CCCCC1. The number of hydrogen-bond acceptors (Lipinski definition) is 4. The van der Waals surface area contributed by atoms with Crippen LogP contribution in [0.5, 0.6) is 0 Å². The number of urea groups is 1. The first-order valence-electron chi connectivity index (χ1n) is 8.92. The van der Waals surface area contributed by atoms with Gasteiger partial charge in [0.05, 0.1) is 7.11 Å². The zero-order valence-corrected chi connectivity index (χ0v) is 14.7. The summed E-state index contributed by atoms with van der Waals surface area (Å²) in [4.78, 5) is 25.0. The Kier molecular flexibility index (Phi) is 10.4. The fourth-order valence-electron chi connectivity index (χ4n) is 3.00. The molecule has 2 amide bonds. The van der Waals surface area contributed by atoms with Gasteiger partial charge < -0.3 is 20.3 Å². The van der Waals surface area contributed by atoms with Crippen LogP contribution in [-0.4, -0.2) is 56.7 Å². The van der Waals surface area contributed by atoms with Gasteiger partial charge in [0, 0.05) is 25.6 Å². The highest BCUT2D eigenvalue weighted by Crippen LogP contribution is 2.21. The minimum absolute atomic E-state index is 0.122. The molecule has 0 aromatic carbocycles. The summed E-state index contributed by atoms with van der Waals surface area (Å²) in [6.45, 7) is 2.32. The van der Waals surface area contributed by atoms with Gasteiger partial charge in [-0.25, -0.2) is 4.79 Å². The molecule has 2 N–H and O–H groups in total. The third-order valence-corrected chi connectivity index (χ3v) is 4.49. The third kappa shape index (κ3) is 9.43. The minimum Gasteiger partial charge on any atom is -0.469 e. The van der Waals surface area contributed by atoms with Crippen LogP contribution in [0.2, 0.25) is 0 Å². The lowest BCUT2D eigenvalue weighted by atomic mass is 9.94. The molecule has 1 rings (SSSR count). The molecule has 134 valence electrons. The Bertz CT molecular complexity index is 344. The second-order valence-corrected chi connectivity index (χ2v) is 6.34. The second-order valence-electron chi connectivity index (χ2n) is 6.34. The number of rotatable bonds is 10. The lowest BCUT2D eigenvalue weighted by Crippen LogP contribution is -2.39. The van der Waals surface area contributed by atoms with Crippen molar-refractivity contribution in [3.05, 3.63) is 0 Å². The Morgan fingerprint density at radius 2 is 1.70 bits per heavy atom. The van der Waals surface area contributed by atoms with Crippen molar-refractivity contribution in [2.75, 3.05) is 33.8 Å². The smallest absolute Gasteiger partial charge is 0.314 e. The number of unbranched alkanes of at least 4 members (excludes halogenated alkanes) is 1. The molecule has 0 aromatic heterocycles. The Hall–Kier alpha value is -1.30. The number of nitrogens with one attached hydrogen (secondary N) is 2. The molecule has 0 bridgehead atoms. The number of methoxy groups -OCH3 is 1. The van der Waals surface area contributed by atoms with Crippen molar-refractivity contribution < 1.29 is 14.3 Å². The third-order valence-electron chi connectivity index (χ3n) is 4.49. The summed E-state index contributed by atoms with van der Waals surface area (Å²) >= 11 is 0. The zero-order chi connectivity index (χ0) is 16.9. The fraction of sp³-hybridized carbons (Fsp3) is 0.882. The quantitative estimate of drug-likeness (QED) is 0.477. The monoisotopic (exact) mass is 327 g/mol. The largest absolute Gasteiger partial charge is 0.469 e. The van der Waals surface area contributed by atoms with Crippen molar-refractivity contribution in [2.24, 2.45) is 0 Å². The van der Waals surface area contributed by atoms with E-state index in [1.165, 1.54) is 39.2 Å². The van der Waals surface area contributed by atoms with Gasteiger partial charge in [-0.15, -0.1) is 0 Å². The van der Waals surface area contributed by atoms with Gasteiger partial charge in [0.25, 0.3) is 0 Å². The van der Waals surface area contributed by atoms with Gasteiger partial charge in [0.1, 0.15) is 0 Å². The molecule has 6 nitrogen and oxygen atoms in total. The lowest BCUT2D eigenvalue weighted by Gasteiger charge is -2.31. The first-order valence-corrected chi connectivity index (χ1v) is 8.92. The molecule has 0 radical (unpaired) electrons. The molecule has 0 aliphatic heterocycles. The standard InChI is InChI=1S/C17H33N3O3/c1-20(15-9-4-3-5-10-15)14-8-13-19-17(22)18-12-7-6-11-16(21)23-2/h15H,3-14H2,1-2H3,(H2,18,19,22). The molecular weight excluding hydrogens is 294 g/mol. The average Bonchev–Trinajstić information content (AvgIpc) is 2.58. The molecule has 0 saturated heterocycles. The van der Waals surface area contributed by atoms with E-state index in [1.807, 2.05) is 0 Å². The van der Waals surface area contributed by atoms with Gasteiger partial charge in [0.2, 0.25) is 0 Å². The number of esters is 1. The van der Waals surface area contributed by atoms with Crippen LogP contribution < -0.4 is 10.6 Å². The minimum atomic E-state index is -0.198. The van der Waals surface area contributed by atoms with Gasteiger partial charge >= 0.3 is 12.0 Å². The number of carbonyl (C=O) groups excluding carboxylic acids is 2. The number of ether oxygens (including phenoxy) is 1. The Labute approximate surface area is 140 Å². The van der Waals surface area contributed by atoms with Crippen molar-refractivity contribution in [2.45, 2.75) is 63.8 Å². The maximum atomic E-state index is 11.6. The molecule has 1 saturated carbocycles. The summed E-state index contributed by atoms with van der Waals surface area (Å²) in [6, 6.07) is 0.607. The molecule has 0 heterocycles. The predicted octanol–water partition coefficient (Wildman–Crippen LogP) is 2.28. The van der Waals surface area contributed by atoms with E-state index in [9.17, 15) is 9.59 Å². The number of hydrogen-bond donors (Lipinski definition) is 2. The van der Waals surface area contributed by atoms with Crippen LogP contribution in [0.3, 0.4) is 0 Å². The first kappa shape index (κ1) is 19.7. The van der Waals surface area contributed by atoms with E-state index in [4.69, 9.17) is 0 Å². The van der Waals surface area contributed by atoms with E-state index in [2.05, 4.69) is 27.3 Å². The van der Waals surface area contributed by atoms with Crippen molar-refractivity contribution >= 4 is 12.0 Å². The molecule has 0 unspecified atom stereocenters. The number of nitrogens with zero attached hydrogens (tertiary/aromatic N) is 1. The Balaban J connectivity index is 1.94. The van der Waals surface area contributed by atoms with Gasteiger partial charge in [0.15, 0.2) is 0 Å². The van der Waals surface area contributed by atoms with Crippen molar-refractivity contribution in [1.82, 2.24) is 15.5 Å². The van der Waals surface area contributed by atoms with Crippen molar-refractivity contribution in [3.8, 4) is 0 Å². The van der Waals surface area contributed by atoms with E-state index in [-0.39, 0.29) is 12.0 Å². The summed E-state index contributed by atoms with van der Waals surface area (Å²) < 4.78 is 4.56. The highest BCUT2D eigenvalue weighted by molar-refractivity contribution is 5.73. The van der Waals surface area contributed by atoms with E-state index in [1.54, 1.807) is 0 Å². The fourth-order valence-corrected chi connectivity index (χ4v) is 3.00. The van der Waals surface area contributed by atoms with Crippen LogP contribution in [0, 0.1) is 0 Å². The van der Waals surface area contributed by atoms with Crippen molar-refractivity contribution in [3.63, 3.8) is 0 Å². The average molecular weight is 327 g/mol. The molecule has 1 aliphatic carbocycles. The van der Waals surface area contributed by atoms with Crippen molar-refractivity contribution in [1.29, 1.82) is 0 Å². The summed E-state index contributed by atoms with van der Waals surface area (Å²) in [7, 11) is 3.58. The van der Waals surface area contributed by atoms with E-state index < -0.39 is 0 Å². The molecule has 0 atom stereocenters. The van der Waals surface area contributed by atoms with E-state index in [0.29, 0.717) is 19.5 Å². The van der Waals surface area contributed by atoms with Crippen LogP contribution >= 0.6 is 0 Å². The summed E-state index contributed by atoms with van der Waals surface area (Å²) in [5.74, 6) is -0.198. The summed E-state index contributed by atoms with van der Waals surface area (Å²) in [5.41, 5.74) is 0. The van der Waals surface area contributed by atoms with Crippen LogP contribution in [0.25, 0.3) is 0 Å². The van der Waals surface area contributed by atoms with Gasteiger partial charge in [-0.05, 0) is 45.7 Å². The highest BCUT2D eigenvalue weighted by Gasteiger charge is 2.17. The summed E-state index contributed by atoms with van der Waals surface area (Å²) in [5, 5.41) is 5.69. The van der Waals surface area contributed by atoms with E-state index >= 15 is 0 Å². The van der Waals surface area contributed by atoms with E-state index in [0.717, 1.165) is 31.8 Å². The lowest BCUT2D eigenvalue weighted by molar-refractivity contribution is -0.140. The Morgan fingerprint density at radius 1 is 1.04 bits per heavy atom. The molecule has 0 aromatic rings. The molecule has 23 heavy (non-hydrogen) atoms. The van der Waals surface area contributed by atoms with Crippen LogP contribution in [0.1, 0.15) is 57.8 Å². The van der Waals surface area contributed by atoms with Crippen LogP contribution in [0.4, 0.5) is 4.79 Å². The molecular formula is C17H33N3O3. The van der Waals surface area contributed by atoms with Gasteiger partial charge in [-0.1, -0.05) is 19.3 Å². The van der Waals surface area contributed by atoms with Crippen LogP contribution in [0.15, 0.2) is 0 Å². The molecule has 1 fully saturated rings. The van der Waals surface area contributed by atoms with Gasteiger partial charge in [-0.2, -0.15) is 0 Å². The normalized spacial score (nSPS) is 15.4. The second kappa shape index (κ2) is 12.2. The molecule has 1 aliphatic rings. The predicted molar refractivity (Wildman–Crippen MR) is 91.4 cm³/mol. The highest BCUT2D eigenvalue weighted by atomic mass is 16.5. The summed E-state index contributed by atoms with van der Waals surface area (Å²) in [6.07, 6.45) is 9.62. The zero-order valence-electron chi connectivity index (χ0n) is 14.7. The Morgan fingerprint density at radius 3 is 2.35 bits per heavy atom. The maximum absolute atomic E-state index is 11.6. The van der Waals surface area contributed by atoms with Crippen LogP contribution in [-0.2, 0) is 9.53 Å². The van der Waals surface area contributed by atoms with Gasteiger partial charge in [-0.3, -0.25) is 4.79 Å². The molecule has 6 heteroatoms. The first-order chi connectivity index (χ1) is 11.1.